The van der Waals surface area contributed by atoms with Crippen molar-refractivity contribution < 1.29 is 9.32 Å². The molecule has 0 unspecified atom stereocenters. The Hall–Kier alpha value is -3.84. The molecule has 7 heteroatoms. The van der Waals surface area contributed by atoms with Gasteiger partial charge in [0.15, 0.2) is 0 Å². The van der Waals surface area contributed by atoms with Gasteiger partial charge in [-0.2, -0.15) is 4.98 Å². The number of rotatable bonds is 6. The van der Waals surface area contributed by atoms with Crippen LogP contribution in [0, 0.1) is 6.92 Å². The van der Waals surface area contributed by atoms with E-state index in [4.69, 9.17) is 4.52 Å². The Bertz CT molecular complexity index is 1310. The smallest absolute Gasteiger partial charge is 0.252 e. The summed E-state index contributed by atoms with van der Waals surface area (Å²) in [6.07, 6.45) is 5.16. The third kappa shape index (κ3) is 5.00. The zero-order valence-corrected chi connectivity index (χ0v) is 20.1. The molecule has 1 aliphatic rings. The van der Waals surface area contributed by atoms with Gasteiger partial charge in [-0.1, -0.05) is 59.8 Å². The summed E-state index contributed by atoms with van der Waals surface area (Å²) in [7, 11) is 2.15. The number of piperidine rings is 1. The van der Waals surface area contributed by atoms with Crippen molar-refractivity contribution in [1.29, 1.82) is 0 Å². The summed E-state index contributed by atoms with van der Waals surface area (Å²) in [6.45, 7) is 4.26. The molecule has 3 heterocycles. The first-order valence-electron chi connectivity index (χ1n) is 11.9. The Balaban J connectivity index is 1.39. The van der Waals surface area contributed by atoms with E-state index in [-0.39, 0.29) is 11.3 Å². The Kier molecular flexibility index (Phi) is 6.42. The van der Waals surface area contributed by atoms with Crippen LogP contribution in [0.25, 0.3) is 22.5 Å². The number of hydrogen-bond acceptors (Lipinski definition) is 6. The third-order valence-electron chi connectivity index (χ3n) is 6.90. The molecule has 0 aliphatic carbocycles. The molecular formula is C28H29N5O2. The van der Waals surface area contributed by atoms with Gasteiger partial charge in [-0.15, -0.1) is 0 Å². The maximum atomic E-state index is 13.2. The van der Waals surface area contributed by atoms with E-state index in [0.29, 0.717) is 29.4 Å². The number of benzene rings is 2. The van der Waals surface area contributed by atoms with Crippen LogP contribution in [-0.2, 0) is 5.41 Å². The molecule has 0 spiro atoms. The number of amides is 1. The molecule has 7 nitrogen and oxygen atoms in total. The van der Waals surface area contributed by atoms with E-state index in [0.717, 1.165) is 25.9 Å². The van der Waals surface area contributed by atoms with Crippen molar-refractivity contribution in [2.24, 2.45) is 0 Å². The minimum atomic E-state index is -0.155. The van der Waals surface area contributed by atoms with E-state index < -0.39 is 0 Å². The number of likely N-dealkylation sites (tertiary alicyclic amines) is 1. The third-order valence-corrected chi connectivity index (χ3v) is 6.90. The normalized spacial score (nSPS) is 15.6. The first-order chi connectivity index (χ1) is 17.0. The van der Waals surface area contributed by atoms with Gasteiger partial charge in [-0.05, 0) is 55.7 Å². The number of aromatic nitrogens is 3. The minimum absolute atomic E-state index is 0.136. The lowest BCUT2D eigenvalue weighted by Gasteiger charge is -2.41. The molecule has 4 aromatic rings. The number of nitrogens with one attached hydrogen (secondary N) is 1. The molecule has 178 valence electrons. The Morgan fingerprint density at radius 2 is 1.77 bits per heavy atom. The molecule has 35 heavy (non-hydrogen) atoms. The van der Waals surface area contributed by atoms with Crippen LogP contribution in [0.5, 0.6) is 0 Å². The van der Waals surface area contributed by atoms with Crippen molar-refractivity contribution >= 4 is 5.91 Å². The van der Waals surface area contributed by atoms with Crippen LogP contribution >= 0.6 is 0 Å². The first-order valence-corrected chi connectivity index (χ1v) is 11.9. The highest BCUT2D eigenvalue weighted by Crippen LogP contribution is 2.36. The number of carbonyl (C=O) groups excluding carboxylic acids is 1. The Labute approximate surface area is 205 Å². The van der Waals surface area contributed by atoms with Gasteiger partial charge in [0.05, 0.1) is 5.56 Å². The summed E-state index contributed by atoms with van der Waals surface area (Å²) in [5, 5.41) is 7.14. The van der Waals surface area contributed by atoms with Crippen LogP contribution in [0.4, 0.5) is 0 Å². The lowest BCUT2D eigenvalue weighted by Crippen LogP contribution is -2.48. The molecular weight excluding hydrogens is 438 g/mol. The number of hydrogen-bond donors (Lipinski definition) is 1. The van der Waals surface area contributed by atoms with Crippen LogP contribution in [-0.4, -0.2) is 52.6 Å². The van der Waals surface area contributed by atoms with Gasteiger partial charge in [-0.25, -0.2) is 0 Å². The average Bonchev–Trinajstić information content (AvgIpc) is 3.35. The van der Waals surface area contributed by atoms with Crippen molar-refractivity contribution in [3.63, 3.8) is 0 Å². The largest absolute Gasteiger partial charge is 0.351 e. The average molecular weight is 468 g/mol. The molecule has 1 saturated heterocycles. The second kappa shape index (κ2) is 9.80. The van der Waals surface area contributed by atoms with Crippen molar-refractivity contribution in [1.82, 2.24) is 25.3 Å². The molecule has 2 aromatic heterocycles. The van der Waals surface area contributed by atoms with Gasteiger partial charge in [0.1, 0.15) is 0 Å². The van der Waals surface area contributed by atoms with Crippen LogP contribution in [0.1, 0.15) is 34.7 Å². The highest BCUT2D eigenvalue weighted by atomic mass is 16.5. The summed E-state index contributed by atoms with van der Waals surface area (Å²) in [5.74, 6) is 0.739. The first kappa shape index (κ1) is 22.9. The number of nitrogens with zero attached hydrogens (tertiary/aromatic N) is 4. The molecule has 0 bridgehead atoms. The van der Waals surface area contributed by atoms with Crippen LogP contribution in [0.2, 0.25) is 0 Å². The van der Waals surface area contributed by atoms with Crippen LogP contribution in [0.15, 0.2) is 77.6 Å². The number of carbonyl (C=O) groups is 1. The van der Waals surface area contributed by atoms with Gasteiger partial charge >= 0.3 is 0 Å². The minimum Gasteiger partial charge on any atom is -0.351 e. The van der Waals surface area contributed by atoms with E-state index in [9.17, 15) is 4.79 Å². The van der Waals surface area contributed by atoms with E-state index in [1.54, 1.807) is 25.4 Å². The quantitative estimate of drug-likeness (QED) is 0.450. The highest BCUT2D eigenvalue weighted by Gasteiger charge is 2.36. The lowest BCUT2D eigenvalue weighted by atomic mass is 9.72. The molecule has 2 aromatic carbocycles. The monoisotopic (exact) mass is 467 g/mol. The fourth-order valence-corrected chi connectivity index (χ4v) is 4.73. The van der Waals surface area contributed by atoms with Gasteiger partial charge in [0.2, 0.25) is 11.7 Å². The maximum Gasteiger partial charge on any atom is 0.252 e. The second-order valence-corrected chi connectivity index (χ2v) is 9.31. The molecule has 1 amide bonds. The van der Waals surface area contributed by atoms with Crippen LogP contribution < -0.4 is 5.32 Å². The van der Waals surface area contributed by atoms with E-state index in [1.165, 1.54) is 16.7 Å². The Morgan fingerprint density at radius 3 is 2.51 bits per heavy atom. The van der Waals surface area contributed by atoms with E-state index >= 15 is 0 Å². The molecule has 1 fully saturated rings. The van der Waals surface area contributed by atoms with Gasteiger partial charge in [0.25, 0.3) is 5.91 Å². The summed E-state index contributed by atoms with van der Waals surface area (Å²) in [4.78, 5) is 24.0. The molecule has 0 atom stereocenters. The SMILES string of the molecule is Cc1nc(-c2cncc(C(=O)NCC3(c4cccc(-c5ccccc5)c4)CCN(C)CC3)c2)no1. The lowest BCUT2D eigenvalue weighted by molar-refractivity contribution is 0.0927. The molecule has 0 saturated carbocycles. The zero-order chi connectivity index (χ0) is 24.3. The fraction of sp³-hybridized carbons (Fsp3) is 0.286. The van der Waals surface area contributed by atoms with Gasteiger partial charge in [0, 0.05) is 36.8 Å². The number of aryl methyl sites for hydroxylation is 1. The van der Waals surface area contributed by atoms with E-state index in [1.807, 2.05) is 6.07 Å². The van der Waals surface area contributed by atoms with Crippen molar-refractivity contribution in [3.05, 3.63) is 90.1 Å². The van der Waals surface area contributed by atoms with Crippen LogP contribution in [0.3, 0.4) is 0 Å². The van der Waals surface area contributed by atoms with Crippen molar-refractivity contribution in [2.75, 3.05) is 26.7 Å². The topological polar surface area (TPSA) is 84.2 Å². The summed E-state index contributed by atoms with van der Waals surface area (Å²) in [6, 6.07) is 20.9. The molecule has 0 radical (unpaired) electrons. The predicted molar refractivity (Wildman–Crippen MR) is 135 cm³/mol. The van der Waals surface area contributed by atoms with Crippen molar-refractivity contribution in [3.8, 4) is 22.5 Å². The molecule has 1 N–H and O–H groups in total. The second-order valence-electron chi connectivity index (χ2n) is 9.31. The summed E-state index contributed by atoms with van der Waals surface area (Å²) in [5.41, 5.74) is 4.65. The van der Waals surface area contributed by atoms with Gasteiger partial charge < -0.3 is 14.7 Å². The maximum absolute atomic E-state index is 13.2. The van der Waals surface area contributed by atoms with Crippen molar-refractivity contribution in [2.45, 2.75) is 25.2 Å². The Morgan fingerprint density at radius 1 is 1.00 bits per heavy atom. The molecule has 5 rings (SSSR count). The van der Waals surface area contributed by atoms with E-state index in [2.05, 4.69) is 80.9 Å². The zero-order valence-electron chi connectivity index (χ0n) is 20.1. The molecule has 1 aliphatic heterocycles. The standard InChI is InChI=1S/C28H29N5O2/c1-20-31-26(32-35-20)23-15-24(18-29-17-23)27(34)30-19-28(11-13-33(2)14-12-28)25-10-6-9-22(16-25)21-7-4-3-5-8-21/h3-10,15-18H,11-14,19H2,1-2H3,(H,30,34). The fourth-order valence-electron chi connectivity index (χ4n) is 4.73. The predicted octanol–water partition coefficient (Wildman–Crippen LogP) is 4.50. The summed E-state index contributed by atoms with van der Waals surface area (Å²) < 4.78 is 5.07. The summed E-state index contributed by atoms with van der Waals surface area (Å²) >= 11 is 0. The number of pyridine rings is 1. The highest BCUT2D eigenvalue weighted by molar-refractivity contribution is 5.94. The van der Waals surface area contributed by atoms with Gasteiger partial charge in [-0.3, -0.25) is 9.78 Å².